The van der Waals surface area contributed by atoms with Crippen molar-refractivity contribution in [1.29, 1.82) is 0 Å². The lowest BCUT2D eigenvalue weighted by Crippen LogP contribution is -2.31. The van der Waals surface area contributed by atoms with E-state index in [4.69, 9.17) is 0 Å². The van der Waals surface area contributed by atoms with E-state index in [1.807, 2.05) is 5.41 Å². The molecule has 1 fully saturated rings. The number of benzene rings is 1. The van der Waals surface area contributed by atoms with E-state index >= 15 is 0 Å². The lowest BCUT2D eigenvalue weighted by atomic mass is 9.83. The molecule has 24 heavy (non-hydrogen) atoms. The third kappa shape index (κ3) is 4.25. The van der Waals surface area contributed by atoms with Crippen molar-refractivity contribution in [2.75, 3.05) is 19.6 Å². The van der Waals surface area contributed by atoms with Crippen molar-refractivity contribution in [1.82, 2.24) is 9.47 Å². The molecule has 1 aromatic carbocycles. The van der Waals surface area contributed by atoms with Gasteiger partial charge < -0.3 is 9.47 Å². The van der Waals surface area contributed by atoms with E-state index in [9.17, 15) is 0 Å². The third-order valence-corrected chi connectivity index (χ3v) is 5.53. The normalized spacial score (nSPS) is 15.6. The minimum absolute atomic E-state index is 1.01. The van der Waals surface area contributed by atoms with Crippen molar-refractivity contribution in [3.05, 3.63) is 41.4 Å². The molecule has 2 aromatic rings. The smallest absolute Gasteiger partial charge is 0.0486 e. The molecule has 1 heterocycles. The summed E-state index contributed by atoms with van der Waals surface area (Å²) in [4.78, 5) is 2.65. The summed E-state index contributed by atoms with van der Waals surface area (Å²) in [5, 5.41) is 3.13. The zero-order valence-corrected chi connectivity index (χ0v) is 15.7. The lowest BCUT2D eigenvalue weighted by Gasteiger charge is -2.29. The summed E-state index contributed by atoms with van der Waals surface area (Å²) in [6.45, 7) is 7.00. The molecule has 0 unspecified atom stereocenters. The standard InChI is InChI=1S/C21H30N2S/c1-2-12-22(13-9-18-5-3-6-18)15-16-23-14-10-20-19(11-17-24)7-4-8-21(20)23/h4,7-8,10-11,14,17-18,24H,2-3,5-6,9,12-13,15-16H2,1H3/b17-11+. The molecular formula is C21H30N2S. The average Bonchev–Trinajstić information content (AvgIpc) is 2.95. The summed E-state index contributed by atoms with van der Waals surface area (Å²) in [7, 11) is 0. The monoisotopic (exact) mass is 342 g/mol. The van der Waals surface area contributed by atoms with Crippen LogP contribution in [-0.4, -0.2) is 29.1 Å². The highest BCUT2D eigenvalue weighted by Gasteiger charge is 2.18. The Morgan fingerprint density at radius 1 is 1.21 bits per heavy atom. The van der Waals surface area contributed by atoms with Gasteiger partial charge in [-0.1, -0.05) is 38.3 Å². The van der Waals surface area contributed by atoms with Crippen molar-refractivity contribution in [3.8, 4) is 0 Å². The zero-order valence-electron chi connectivity index (χ0n) is 14.8. The number of rotatable bonds is 9. The molecule has 0 atom stereocenters. The van der Waals surface area contributed by atoms with Gasteiger partial charge in [-0.3, -0.25) is 0 Å². The topological polar surface area (TPSA) is 8.17 Å². The van der Waals surface area contributed by atoms with Gasteiger partial charge in [0.05, 0.1) is 0 Å². The number of aromatic nitrogens is 1. The summed E-state index contributed by atoms with van der Waals surface area (Å²) < 4.78 is 2.40. The van der Waals surface area contributed by atoms with Gasteiger partial charge in [0, 0.05) is 30.2 Å². The predicted molar refractivity (Wildman–Crippen MR) is 109 cm³/mol. The van der Waals surface area contributed by atoms with Crippen LogP contribution in [0.25, 0.3) is 17.0 Å². The zero-order chi connectivity index (χ0) is 16.8. The van der Waals surface area contributed by atoms with Crippen molar-refractivity contribution < 1.29 is 0 Å². The second-order valence-corrected chi connectivity index (χ2v) is 7.33. The van der Waals surface area contributed by atoms with Crippen LogP contribution < -0.4 is 0 Å². The Balaban J connectivity index is 1.63. The van der Waals surface area contributed by atoms with Gasteiger partial charge in [0.15, 0.2) is 0 Å². The first kappa shape index (κ1) is 17.6. The molecule has 1 saturated carbocycles. The Hall–Kier alpha value is -1.19. The molecule has 0 bridgehead atoms. The van der Waals surface area contributed by atoms with Crippen LogP contribution in [0.4, 0.5) is 0 Å². The predicted octanol–water partition coefficient (Wildman–Crippen LogP) is 5.44. The van der Waals surface area contributed by atoms with Crippen LogP contribution >= 0.6 is 12.6 Å². The van der Waals surface area contributed by atoms with E-state index in [0.29, 0.717) is 0 Å². The van der Waals surface area contributed by atoms with Crippen molar-refractivity contribution >= 4 is 29.6 Å². The average molecular weight is 343 g/mol. The molecule has 3 heteroatoms. The van der Waals surface area contributed by atoms with Gasteiger partial charge in [0.2, 0.25) is 0 Å². The van der Waals surface area contributed by atoms with E-state index in [2.05, 4.69) is 65.6 Å². The Labute approximate surface area is 151 Å². The number of fused-ring (bicyclic) bond motifs is 1. The molecule has 0 radical (unpaired) electrons. The maximum absolute atomic E-state index is 4.21. The van der Waals surface area contributed by atoms with Crippen molar-refractivity contribution in [2.24, 2.45) is 5.92 Å². The Kier molecular flexibility index (Phi) is 6.44. The molecule has 0 N–H and O–H groups in total. The first-order valence-corrected chi connectivity index (χ1v) is 9.94. The maximum Gasteiger partial charge on any atom is 0.0486 e. The molecule has 3 rings (SSSR count). The van der Waals surface area contributed by atoms with Crippen molar-refractivity contribution in [3.63, 3.8) is 0 Å². The molecule has 1 aliphatic rings. The van der Waals surface area contributed by atoms with Crippen LogP contribution in [-0.2, 0) is 6.54 Å². The number of hydrogen-bond donors (Lipinski definition) is 1. The fraction of sp³-hybridized carbons (Fsp3) is 0.524. The van der Waals surface area contributed by atoms with Gasteiger partial charge >= 0.3 is 0 Å². The summed E-state index contributed by atoms with van der Waals surface area (Å²) in [5.41, 5.74) is 2.58. The Morgan fingerprint density at radius 2 is 2.08 bits per heavy atom. The van der Waals surface area contributed by atoms with Gasteiger partial charge in [-0.25, -0.2) is 0 Å². The molecule has 0 saturated heterocycles. The van der Waals surface area contributed by atoms with Gasteiger partial charge in [-0.05, 0) is 61.0 Å². The van der Waals surface area contributed by atoms with Crippen LogP contribution in [0.1, 0.15) is 44.6 Å². The second-order valence-electron chi connectivity index (χ2n) is 7.03. The molecule has 0 amide bonds. The van der Waals surface area contributed by atoms with Crippen LogP contribution in [0.3, 0.4) is 0 Å². The third-order valence-electron chi connectivity index (χ3n) is 5.38. The minimum Gasteiger partial charge on any atom is -0.346 e. The van der Waals surface area contributed by atoms with Gasteiger partial charge in [0.25, 0.3) is 0 Å². The van der Waals surface area contributed by atoms with E-state index < -0.39 is 0 Å². The summed E-state index contributed by atoms with van der Waals surface area (Å²) >= 11 is 4.21. The highest BCUT2D eigenvalue weighted by molar-refractivity contribution is 7.83. The quantitative estimate of drug-likeness (QED) is 0.596. The molecule has 0 aliphatic heterocycles. The van der Waals surface area contributed by atoms with Crippen LogP contribution in [0.15, 0.2) is 35.9 Å². The molecule has 1 aromatic heterocycles. The highest BCUT2D eigenvalue weighted by Crippen LogP contribution is 2.29. The molecular weight excluding hydrogens is 312 g/mol. The summed E-state index contributed by atoms with van der Waals surface area (Å²) in [6.07, 6.45) is 11.3. The molecule has 0 spiro atoms. The van der Waals surface area contributed by atoms with Crippen LogP contribution in [0.5, 0.6) is 0 Å². The number of thiol groups is 1. The summed E-state index contributed by atoms with van der Waals surface area (Å²) in [6, 6.07) is 8.75. The first-order chi connectivity index (χ1) is 11.8. The fourth-order valence-electron chi connectivity index (χ4n) is 3.72. The number of nitrogens with zero attached hydrogens (tertiary/aromatic N) is 2. The maximum atomic E-state index is 4.21. The van der Waals surface area contributed by atoms with Crippen LogP contribution in [0.2, 0.25) is 0 Å². The lowest BCUT2D eigenvalue weighted by molar-refractivity contribution is 0.209. The number of hydrogen-bond acceptors (Lipinski definition) is 2. The molecule has 1 aliphatic carbocycles. The molecule has 130 valence electrons. The largest absolute Gasteiger partial charge is 0.346 e. The van der Waals surface area contributed by atoms with Crippen molar-refractivity contribution in [2.45, 2.75) is 45.6 Å². The van der Waals surface area contributed by atoms with Gasteiger partial charge in [-0.15, -0.1) is 0 Å². The highest BCUT2D eigenvalue weighted by atomic mass is 32.1. The Morgan fingerprint density at radius 3 is 2.79 bits per heavy atom. The van der Waals surface area contributed by atoms with E-state index in [-0.39, 0.29) is 0 Å². The fourth-order valence-corrected chi connectivity index (χ4v) is 3.88. The minimum atomic E-state index is 1.01. The molecule has 2 nitrogen and oxygen atoms in total. The Bertz CT molecular complexity index is 670. The second kappa shape index (κ2) is 8.77. The first-order valence-electron chi connectivity index (χ1n) is 9.42. The van der Waals surface area contributed by atoms with Gasteiger partial charge in [0.1, 0.15) is 0 Å². The van der Waals surface area contributed by atoms with E-state index in [1.54, 1.807) is 0 Å². The summed E-state index contributed by atoms with van der Waals surface area (Å²) in [5.74, 6) is 1.01. The van der Waals surface area contributed by atoms with E-state index in [1.165, 1.54) is 61.7 Å². The van der Waals surface area contributed by atoms with E-state index in [0.717, 1.165) is 19.0 Å². The van der Waals surface area contributed by atoms with Gasteiger partial charge in [-0.2, -0.15) is 12.6 Å². The SMILES string of the molecule is CCCN(CCC1CCC1)CCn1ccc2c(/C=C/S)cccc21. The van der Waals surface area contributed by atoms with Crippen LogP contribution in [0, 0.1) is 5.92 Å².